The van der Waals surface area contributed by atoms with E-state index in [4.69, 9.17) is 9.72 Å². The number of rotatable bonds is 7. The first-order valence-corrected chi connectivity index (χ1v) is 13.4. The highest BCUT2D eigenvalue weighted by molar-refractivity contribution is 7.14. The summed E-state index contributed by atoms with van der Waals surface area (Å²) in [5.74, 6) is 2.62. The van der Waals surface area contributed by atoms with Crippen molar-refractivity contribution in [3.8, 4) is 33.5 Å². The van der Waals surface area contributed by atoms with Crippen molar-refractivity contribution in [1.82, 2.24) is 30.4 Å². The number of likely N-dealkylation sites (tertiary alicyclic amines) is 1. The van der Waals surface area contributed by atoms with Crippen LogP contribution in [0, 0.1) is 0 Å². The van der Waals surface area contributed by atoms with E-state index in [1.165, 1.54) is 0 Å². The van der Waals surface area contributed by atoms with E-state index in [9.17, 15) is 4.79 Å². The number of carbonyl (C=O) groups is 1. The fourth-order valence-corrected chi connectivity index (χ4v) is 5.42. The average molecular weight is 513 g/mol. The van der Waals surface area contributed by atoms with Crippen LogP contribution >= 0.6 is 11.3 Å². The van der Waals surface area contributed by atoms with Gasteiger partial charge < -0.3 is 15.0 Å². The van der Waals surface area contributed by atoms with Crippen LogP contribution in [0.5, 0.6) is 11.5 Å². The molecule has 0 aliphatic carbocycles. The minimum atomic E-state index is 0.187. The van der Waals surface area contributed by atoms with E-state index in [1.807, 2.05) is 53.6 Å². The molecule has 0 saturated carbocycles. The summed E-state index contributed by atoms with van der Waals surface area (Å²) in [7, 11) is 0. The number of ether oxygens (including phenoxy) is 1. The third-order valence-corrected chi connectivity index (χ3v) is 7.96. The molecule has 0 bridgehead atoms. The Labute approximate surface area is 219 Å². The highest BCUT2D eigenvalue weighted by atomic mass is 32.1. The van der Waals surface area contributed by atoms with Crippen molar-refractivity contribution in [2.75, 3.05) is 6.54 Å². The fraction of sp³-hybridized carbons (Fsp3) is 0.321. The summed E-state index contributed by atoms with van der Waals surface area (Å²) < 4.78 is 6.41. The van der Waals surface area contributed by atoms with Crippen molar-refractivity contribution in [1.29, 1.82) is 0 Å². The molecule has 0 radical (unpaired) electrons. The molecule has 1 fully saturated rings. The standard InChI is InChI=1S/C28H28N6O2S/c1-17(2)27-32-33-28(37-27)18-7-9-22(10-8-18)36-24-12-19(26-30-14-21-13-29-15-23(21)31-26)5-6-20(24)16-34-11-3-4-25(34)35/h5-10,12,14,17,29H,3-4,11,13,15-16H2,1-2H3. The van der Waals surface area contributed by atoms with Gasteiger partial charge in [0.2, 0.25) is 5.91 Å². The van der Waals surface area contributed by atoms with Gasteiger partial charge in [-0.3, -0.25) is 4.79 Å². The highest BCUT2D eigenvalue weighted by Gasteiger charge is 2.22. The highest BCUT2D eigenvalue weighted by Crippen LogP contribution is 2.34. The smallest absolute Gasteiger partial charge is 0.222 e. The summed E-state index contributed by atoms with van der Waals surface area (Å²) in [5.41, 5.74) is 5.02. The summed E-state index contributed by atoms with van der Waals surface area (Å²) in [5, 5.41) is 13.9. The molecule has 2 aliphatic rings. The Bertz CT molecular complexity index is 1450. The molecular formula is C28H28N6O2S. The normalized spacial score (nSPS) is 15.0. The van der Waals surface area contributed by atoms with E-state index in [0.29, 0.717) is 36.2 Å². The molecule has 8 nitrogen and oxygen atoms in total. The van der Waals surface area contributed by atoms with Crippen LogP contribution in [0.1, 0.15) is 54.4 Å². The van der Waals surface area contributed by atoms with Crippen LogP contribution in [0.3, 0.4) is 0 Å². The van der Waals surface area contributed by atoms with Gasteiger partial charge in [0.25, 0.3) is 0 Å². The average Bonchev–Trinajstić information content (AvgIpc) is 3.67. The molecule has 6 rings (SSSR count). The Morgan fingerprint density at radius 2 is 1.92 bits per heavy atom. The van der Waals surface area contributed by atoms with Crippen molar-refractivity contribution >= 4 is 17.2 Å². The number of nitrogens with one attached hydrogen (secondary N) is 1. The summed E-state index contributed by atoms with van der Waals surface area (Å²) in [6, 6.07) is 13.9. The third-order valence-electron chi connectivity index (χ3n) is 6.68. The van der Waals surface area contributed by atoms with Crippen LogP contribution in [0.2, 0.25) is 0 Å². The minimum absolute atomic E-state index is 0.187. The van der Waals surface area contributed by atoms with E-state index in [-0.39, 0.29) is 5.91 Å². The predicted octanol–water partition coefficient (Wildman–Crippen LogP) is 5.30. The molecule has 2 aromatic heterocycles. The van der Waals surface area contributed by atoms with Gasteiger partial charge in [0.05, 0.1) is 5.69 Å². The third kappa shape index (κ3) is 4.97. The Kier molecular flexibility index (Phi) is 6.40. The van der Waals surface area contributed by atoms with Gasteiger partial charge in [-0.15, -0.1) is 10.2 Å². The van der Waals surface area contributed by atoms with Gasteiger partial charge in [-0.25, -0.2) is 9.97 Å². The first-order valence-electron chi connectivity index (χ1n) is 12.6. The quantitative estimate of drug-likeness (QED) is 0.359. The molecule has 4 aromatic rings. The number of fused-ring (bicyclic) bond motifs is 1. The van der Waals surface area contributed by atoms with Gasteiger partial charge >= 0.3 is 0 Å². The lowest BCUT2D eigenvalue weighted by atomic mass is 10.1. The zero-order valence-corrected chi connectivity index (χ0v) is 21.7. The van der Waals surface area contributed by atoms with Gasteiger partial charge in [0.1, 0.15) is 21.5 Å². The predicted molar refractivity (Wildman–Crippen MR) is 142 cm³/mol. The number of benzene rings is 2. The van der Waals surface area contributed by atoms with E-state index in [0.717, 1.165) is 64.0 Å². The van der Waals surface area contributed by atoms with Crippen molar-refractivity contribution < 1.29 is 9.53 Å². The van der Waals surface area contributed by atoms with Crippen molar-refractivity contribution in [2.24, 2.45) is 0 Å². The van der Waals surface area contributed by atoms with E-state index < -0.39 is 0 Å². The van der Waals surface area contributed by atoms with Crippen LogP contribution in [0.4, 0.5) is 0 Å². The molecule has 0 spiro atoms. The molecule has 1 N–H and O–H groups in total. The lowest BCUT2D eigenvalue weighted by molar-refractivity contribution is -0.128. The van der Waals surface area contributed by atoms with Crippen molar-refractivity contribution in [2.45, 2.75) is 52.2 Å². The number of nitrogens with zero attached hydrogens (tertiary/aromatic N) is 5. The Morgan fingerprint density at radius 3 is 2.68 bits per heavy atom. The minimum Gasteiger partial charge on any atom is -0.457 e. The van der Waals surface area contributed by atoms with Crippen molar-refractivity contribution in [3.63, 3.8) is 0 Å². The summed E-state index contributed by atoms with van der Waals surface area (Å²) in [6.07, 6.45) is 3.40. The zero-order valence-electron chi connectivity index (χ0n) is 20.9. The molecule has 9 heteroatoms. The first-order chi connectivity index (χ1) is 18.0. The second-order valence-electron chi connectivity index (χ2n) is 9.74. The van der Waals surface area contributed by atoms with Crippen LogP contribution in [0.15, 0.2) is 48.7 Å². The van der Waals surface area contributed by atoms with Crippen LogP contribution < -0.4 is 10.1 Å². The second-order valence-corrected chi connectivity index (χ2v) is 10.7. The van der Waals surface area contributed by atoms with Gasteiger partial charge in [-0.2, -0.15) is 0 Å². The lowest BCUT2D eigenvalue weighted by Crippen LogP contribution is -2.24. The van der Waals surface area contributed by atoms with Gasteiger partial charge in [0.15, 0.2) is 5.82 Å². The summed E-state index contributed by atoms with van der Waals surface area (Å²) >= 11 is 1.61. The van der Waals surface area contributed by atoms with Gasteiger partial charge in [-0.05, 0) is 36.8 Å². The molecule has 188 valence electrons. The van der Waals surface area contributed by atoms with E-state index in [1.54, 1.807) is 11.3 Å². The number of hydrogen-bond donors (Lipinski definition) is 1. The molecule has 0 atom stereocenters. The zero-order chi connectivity index (χ0) is 25.4. The topological polar surface area (TPSA) is 93.1 Å². The number of carbonyl (C=O) groups excluding carboxylic acids is 1. The Hall–Kier alpha value is -3.69. The Balaban J connectivity index is 1.30. The molecule has 1 saturated heterocycles. The number of hydrogen-bond acceptors (Lipinski definition) is 8. The molecule has 1 amide bonds. The molecule has 2 aromatic carbocycles. The second kappa shape index (κ2) is 9.99. The fourth-order valence-electron chi connectivity index (χ4n) is 4.57. The van der Waals surface area contributed by atoms with Crippen LogP contribution in [0.25, 0.3) is 22.0 Å². The summed E-state index contributed by atoms with van der Waals surface area (Å²) in [4.78, 5) is 23.6. The SMILES string of the molecule is CC(C)c1nnc(-c2ccc(Oc3cc(-c4ncc5c(n4)CNC5)ccc3CN3CCCC3=O)cc2)s1. The lowest BCUT2D eigenvalue weighted by Gasteiger charge is -2.19. The van der Waals surface area contributed by atoms with Gasteiger partial charge in [-0.1, -0.05) is 37.3 Å². The molecule has 4 heterocycles. The van der Waals surface area contributed by atoms with Crippen LogP contribution in [-0.4, -0.2) is 37.5 Å². The summed E-state index contributed by atoms with van der Waals surface area (Å²) in [6.45, 7) is 7.09. The monoisotopic (exact) mass is 512 g/mol. The maximum atomic E-state index is 12.3. The van der Waals surface area contributed by atoms with Crippen LogP contribution in [-0.2, 0) is 24.4 Å². The maximum absolute atomic E-state index is 12.3. The number of amides is 1. The number of aromatic nitrogens is 4. The van der Waals surface area contributed by atoms with E-state index in [2.05, 4.69) is 34.3 Å². The molecular weight excluding hydrogens is 484 g/mol. The maximum Gasteiger partial charge on any atom is 0.222 e. The first kappa shape index (κ1) is 23.7. The Morgan fingerprint density at radius 1 is 1.08 bits per heavy atom. The van der Waals surface area contributed by atoms with E-state index >= 15 is 0 Å². The molecule has 37 heavy (non-hydrogen) atoms. The largest absolute Gasteiger partial charge is 0.457 e. The molecule has 0 unspecified atom stereocenters. The van der Waals surface area contributed by atoms with Gasteiger partial charge in [0, 0.05) is 67.0 Å². The van der Waals surface area contributed by atoms with Crippen molar-refractivity contribution in [3.05, 3.63) is 70.5 Å². The molecule has 2 aliphatic heterocycles.